The number of carbonyl (C=O) groups is 1. The summed E-state index contributed by atoms with van der Waals surface area (Å²) in [7, 11) is 1.78. The SMILES string of the molecule is Cn1cc(-c2ccc(CNc3ccc(F)c(NC(=O)CCc4ccco4)c3)cc2F)cn1. The molecular weight excluding hydrogens is 414 g/mol. The van der Waals surface area contributed by atoms with Gasteiger partial charge in [-0.1, -0.05) is 12.1 Å². The minimum absolute atomic E-state index is 0.0811. The fourth-order valence-electron chi connectivity index (χ4n) is 3.30. The lowest BCUT2D eigenvalue weighted by atomic mass is 10.1. The fraction of sp³-hybridized carbons (Fsp3) is 0.167. The largest absolute Gasteiger partial charge is 0.469 e. The average molecular weight is 436 g/mol. The molecule has 0 bridgehead atoms. The van der Waals surface area contributed by atoms with E-state index < -0.39 is 5.82 Å². The summed E-state index contributed by atoms with van der Waals surface area (Å²) in [4.78, 5) is 12.2. The molecule has 0 aliphatic rings. The summed E-state index contributed by atoms with van der Waals surface area (Å²) in [6.07, 6.45) is 5.51. The molecule has 0 fully saturated rings. The molecule has 0 radical (unpaired) electrons. The van der Waals surface area contributed by atoms with Gasteiger partial charge in [0.15, 0.2) is 0 Å². The number of hydrogen-bond acceptors (Lipinski definition) is 4. The highest BCUT2D eigenvalue weighted by Gasteiger charge is 2.11. The van der Waals surface area contributed by atoms with Gasteiger partial charge in [-0.05, 0) is 42.0 Å². The first kappa shape index (κ1) is 21.3. The van der Waals surface area contributed by atoms with Gasteiger partial charge >= 0.3 is 0 Å². The second-order valence-electron chi connectivity index (χ2n) is 7.39. The third kappa shape index (κ3) is 5.21. The fourth-order valence-corrected chi connectivity index (χ4v) is 3.30. The number of benzene rings is 2. The molecule has 164 valence electrons. The van der Waals surface area contributed by atoms with Gasteiger partial charge in [-0.15, -0.1) is 0 Å². The van der Waals surface area contributed by atoms with Gasteiger partial charge in [0, 0.05) is 49.4 Å². The zero-order valence-electron chi connectivity index (χ0n) is 17.4. The van der Waals surface area contributed by atoms with E-state index in [2.05, 4.69) is 15.7 Å². The topological polar surface area (TPSA) is 72.1 Å². The predicted molar refractivity (Wildman–Crippen MR) is 118 cm³/mol. The second kappa shape index (κ2) is 9.47. The average Bonchev–Trinajstić information content (AvgIpc) is 3.45. The number of furan rings is 1. The molecule has 4 aromatic rings. The Morgan fingerprint density at radius 1 is 1.12 bits per heavy atom. The first-order valence-electron chi connectivity index (χ1n) is 10.1. The van der Waals surface area contributed by atoms with Crippen molar-refractivity contribution >= 4 is 17.3 Å². The Labute approximate surface area is 183 Å². The van der Waals surface area contributed by atoms with Crippen LogP contribution in [0.3, 0.4) is 0 Å². The Balaban J connectivity index is 1.37. The van der Waals surface area contributed by atoms with Crippen molar-refractivity contribution in [3.8, 4) is 11.1 Å². The van der Waals surface area contributed by atoms with E-state index in [1.54, 1.807) is 54.7 Å². The van der Waals surface area contributed by atoms with Crippen LogP contribution in [-0.4, -0.2) is 15.7 Å². The lowest BCUT2D eigenvalue weighted by Gasteiger charge is -2.11. The van der Waals surface area contributed by atoms with E-state index >= 15 is 0 Å². The van der Waals surface area contributed by atoms with Gasteiger partial charge in [0.05, 0.1) is 18.1 Å². The lowest BCUT2D eigenvalue weighted by molar-refractivity contribution is -0.116. The van der Waals surface area contributed by atoms with Crippen LogP contribution in [0.1, 0.15) is 17.7 Å². The Morgan fingerprint density at radius 3 is 2.72 bits per heavy atom. The van der Waals surface area contributed by atoms with Crippen LogP contribution in [-0.2, 0) is 24.8 Å². The van der Waals surface area contributed by atoms with Crippen molar-refractivity contribution in [2.24, 2.45) is 7.05 Å². The van der Waals surface area contributed by atoms with Crippen LogP contribution in [0.15, 0.2) is 71.6 Å². The van der Waals surface area contributed by atoms with Gasteiger partial charge in [-0.2, -0.15) is 5.10 Å². The Kier molecular flexibility index (Phi) is 6.30. The molecule has 8 heteroatoms. The van der Waals surface area contributed by atoms with Crippen LogP contribution in [0.5, 0.6) is 0 Å². The normalized spacial score (nSPS) is 10.8. The molecule has 0 saturated carbocycles. The summed E-state index contributed by atoms with van der Waals surface area (Å²) in [6.45, 7) is 0.335. The number of nitrogens with zero attached hydrogens (tertiary/aromatic N) is 2. The van der Waals surface area contributed by atoms with Crippen molar-refractivity contribution in [2.45, 2.75) is 19.4 Å². The van der Waals surface area contributed by atoms with Gasteiger partial charge in [0.25, 0.3) is 0 Å². The van der Waals surface area contributed by atoms with Crippen molar-refractivity contribution in [2.75, 3.05) is 10.6 Å². The smallest absolute Gasteiger partial charge is 0.224 e. The summed E-state index contributed by atoms with van der Waals surface area (Å²) in [6, 6.07) is 12.9. The van der Waals surface area contributed by atoms with Crippen molar-refractivity contribution in [1.29, 1.82) is 0 Å². The van der Waals surface area contributed by atoms with Crippen molar-refractivity contribution in [3.63, 3.8) is 0 Å². The standard InChI is InChI=1S/C24H22F2N4O2/c1-30-15-17(14-28-30)20-7-4-16(11-22(20)26)13-27-18-5-8-21(25)23(12-18)29-24(31)9-6-19-3-2-10-32-19/h2-5,7-8,10-12,14-15,27H,6,9,13H2,1H3,(H,29,31). The maximum atomic E-state index is 14.5. The minimum Gasteiger partial charge on any atom is -0.469 e. The number of nitrogens with one attached hydrogen (secondary N) is 2. The molecule has 4 rings (SSSR count). The number of amides is 1. The number of carbonyl (C=O) groups excluding carboxylic acids is 1. The number of aromatic nitrogens is 2. The quantitative estimate of drug-likeness (QED) is 0.401. The van der Waals surface area contributed by atoms with E-state index in [-0.39, 0.29) is 23.8 Å². The summed E-state index contributed by atoms with van der Waals surface area (Å²) in [5.41, 5.74) is 2.59. The molecule has 2 N–H and O–H groups in total. The summed E-state index contributed by atoms with van der Waals surface area (Å²) >= 11 is 0. The molecule has 0 spiro atoms. The maximum absolute atomic E-state index is 14.5. The zero-order chi connectivity index (χ0) is 22.5. The van der Waals surface area contributed by atoms with E-state index in [0.29, 0.717) is 35.5 Å². The molecule has 0 unspecified atom stereocenters. The van der Waals surface area contributed by atoms with Crippen molar-refractivity contribution in [1.82, 2.24) is 9.78 Å². The molecule has 1 amide bonds. The van der Waals surface area contributed by atoms with Crippen molar-refractivity contribution < 1.29 is 18.0 Å². The van der Waals surface area contributed by atoms with Gasteiger partial charge in [0.1, 0.15) is 17.4 Å². The van der Waals surface area contributed by atoms with Crippen LogP contribution in [0, 0.1) is 11.6 Å². The second-order valence-corrected chi connectivity index (χ2v) is 7.39. The van der Waals surface area contributed by atoms with E-state index in [9.17, 15) is 13.6 Å². The van der Waals surface area contributed by atoms with Gasteiger partial charge in [-0.3, -0.25) is 9.48 Å². The molecule has 2 heterocycles. The van der Waals surface area contributed by atoms with Crippen LogP contribution in [0.25, 0.3) is 11.1 Å². The predicted octanol–water partition coefficient (Wildman–Crippen LogP) is 5.14. The van der Waals surface area contributed by atoms with E-state index in [1.165, 1.54) is 18.2 Å². The number of hydrogen-bond donors (Lipinski definition) is 2. The third-order valence-electron chi connectivity index (χ3n) is 4.97. The molecular formula is C24H22F2N4O2. The number of aryl methyl sites for hydroxylation is 2. The lowest BCUT2D eigenvalue weighted by Crippen LogP contribution is -2.13. The Bertz CT molecular complexity index is 1220. The van der Waals surface area contributed by atoms with E-state index in [0.717, 1.165) is 5.56 Å². The molecule has 32 heavy (non-hydrogen) atoms. The van der Waals surface area contributed by atoms with Crippen molar-refractivity contribution in [3.05, 3.63) is 90.1 Å². The summed E-state index contributed by atoms with van der Waals surface area (Å²) in [5.74, 6) is -0.502. The zero-order valence-corrected chi connectivity index (χ0v) is 17.4. The van der Waals surface area contributed by atoms with Crippen LogP contribution >= 0.6 is 0 Å². The molecule has 2 aromatic heterocycles. The molecule has 0 saturated heterocycles. The molecule has 2 aromatic carbocycles. The number of halogens is 2. The highest BCUT2D eigenvalue weighted by Crippen LogP contribution is 2.24. The molecule has 0 aliphatic carbocycles. The van der Waals surface area contributed by atoms with Crippen LogP contribution < -0.4 is 10.6 Å². The molecule has 0 aliphatic heterocycles. The molecule has 0 atom stereocenters. The van der Waals surface area contributed by atoms with E-state index in [1.807, 2.05) is 6.07 Å². The monoisotopic (exact) mass is 436 g/mol. The Hall–Kier alpha value is -3.94. The van der Waals surface area contributed by atoms with E-state index in [4.69, 9.17) is 4.42 Å². The minimum atomic E-state index is -0.534. The van der Waals surface area contributed by atoms with Gasteiger partial charge < -0.3 is 15.1 Å². The van der Waals surface area contributed by atoms with Crippen LogP contribution in [0.2, 0.25) is 0 Å². The van der Waals surface area contributed by atoms with Gasteiger partial charge in [-0.25, -0.2) is 8.78 Å². The maximum Gasteiger partial charge on any atom is 0.224 e. The first-order valence-corrected chi connectivity index (χ1v) is 10.1. The number of rotatable bonds is 8. The Morgan fingerprint density at radius 2 is 2.00 bits per heavy atom. The molecule has 6 nitrogen and oxygen atoms in total. The van der Waals surface area contributed by atoms with Gasteiger partial charge in [0.2, 0.25) is 5.91 Å². The van der Waals surface area contributed by atoms with Crippen LogP contribution in [0.4, 0.5) is 20.2 Å². The first-order chi connectivity index (χ1) is 15.5. The highest BCUT2D eigenvalue weighted by atomic mass is 19.1. The third-order valence-corrected chi connectivity index (χ3v) is 4.97. The summed E-state index contributed by atoms with van der Waals surface area (Å²) < 4.78 is 35.5. The highest BCUT2D eigenvalue weighted by molar-refractivity contribution is 5.91. The summed E-state index contributed by atoms with van der Waals surface area (Å²) in [5, 5.41) is 9.78. The number of anilines is 2.